The Morgan fingerprint density at radius 3 is 2.84 bits per heavy atom. The van der Waals surface area contributed by atoms with Gasteiger partial charge in [-0.25, -0.2) is 0 Å². The van der Waals surface area contributed by atoms with E-state index in [2.05, 4.69) is 17.2 Å². The second-order valence-corrected chi connectivity index (χ2v) is 4.55. The molecule has 0 atom stereocenters. The van der Waals surface area contributed by atoms with Crippen molar-refractivity contribution in [2.75, 3.05) is 13.2 Å². The molecule has 0 saturated heterocycles. The summed E-state index contributed by atoms with van der Waals surface area (Å²) in [7, 11) is 0. The Kier molecular flexibility index (Phi) is 5.86. The molecule has 1 aromatic heterocycles. The summed E-state index contributed by atoms with van der Waals surface area (Å²) in [6.07, 6.45) is -5.25. The van der Waals surface area contributed by atoms with Gasteiger partial charge in [0.25, 0.3) is 5.91 Å². The van der Waals surface area contributed by atoms with Gasteiger partial charge in [-0.15, -0.1) is 11.3 Å². The third kappa shape index (κ3) is 6.27. The van der Waals surface area contributed by atoms with Crippen LogP contribution in [0.4, 0.5) is 13.2 Å². The molecule has 0 saturated carbocycles. The van der Waals surface area contributed by atoms with Gasteiger partial charge in [-0.2, -0.15) is 13.2 Å². The van der Waals surface area contributed by atoms with E-state index >= 15 is 0 Å². The van der Waals surface area contributed by atoms with Gasteiger partial charge in [-0.05, 0) is 12.5 Å². The molecule has 104 valence electrons. The molecule has 1 amide bonds. The molecule has 0 fully saturated rings. The first-order valence-electron chi connectivity index (χ1n) is 5.45. The molecule has 2 N–H and O–H groups in total. The molecule has 0 aliphatic heterocycles. The standard InChI is InChI=1S/C12H12F3NO2S/c13-12(14,15)4-2-5-16-11(18)9-7-10(19-8-9)3-1-6-17/h7-8,17H,2,4-6H2,(H,16,18). The Hall–Kier alpha value is -1.52. The number of rotatable bonds is 4. The SMILES string of the molecule is O=C(NCCCC(F)(F)F)c1csc(C#CCO)c1. The van der Waals surface area contributed by atoms with Gasteiger partial charge in [0, 0.05) is 18.3 Å². The molecule has 0 radical (unpaired) electrons. The smallest absolute Gasteiger partial charge is 0.384 e. The third-order valence-electron chi connectivity index (χ3n) is 2.07. The molecule has 0 spiro atoms. The molecule has 0 unspecified atom stereocenters. The van der Waals surface area contributed by atoms with E-state index in [1.807, 2.05) is 0 Å². The number of carbonyl (C=O) groups excluding carboxylic acids is 1. The zero-order valence-electron chi connectivity index (χ0n) is 9.88. The van der Waals surface area contributed by atoms with E-state index in [1.54, 1.807) is 5.38 Å². The molecule has 0 aliphatic rings. The van der Waals surface area contributed by atoms with Gasteiger partial charge in [0.1, 0.15) is 6.61 Å². The number of aliphatic hydroxyl groups is 1. The summed E-state index contributed by atoms with van der Waals surface area (Å²) in [5.41, 5.74) is 0.360. The maximum absolute atomic E-state index is 11.9. The van der Waals surface area contributed by atoms with Gasteiger partial charge in [0.05, 0.1) is 10.4 Å². The first kappa shape index (κ1) is 15.5. The van der Waals surface area contributed by atoms with Crippen molar-refractivity contribution in [1.29, 1.82) is 0 Å². The lowest BCUT2D eigenvalue weighted by atomic mass is 10.2. The number of nitrogens with one attached hydrogen (secondary N) is 1. The normalized spacial score (nSPS) is 10.7. The Balaban J connectivity index is 2.39. The van der Waals surface area contributed by atoms with Crippen LogP contribution in [-0.4, -0.2) is 30.3 Å². The van der Waals surface area contributed by atoms with E-state index in [4.69, 9.17) is 5.11 Å². The Morgan fingerprint density at radius 1 is 1.47 bits per heavy atom. The van der Waals surface area contributed by atoms with Crippen molar-refractivity contribution in [3.63, 3.8) is 0 Å². The minimum absolute atomic E-state index is 0.0220. The fraction of sp³-hybridized carbons (Fsp3) is 0.417. The van der Waals surface area contributed by atoms with Crippen LogP contribution in [0.1, 0.15) is 28.1 Å². The average molecular weight is 291 g/mol. The Morgan fingerprint density at radius 2 is 2.21 bits per heavy atom. The Labute approximate surface area is 112 Å². The van der Waals surface area contributed by atoms with Crippen molar-refractivity contribution >= 4 is 17.2 Å². The second kappa shape index (κ2) is 7.16. The van der Waals surface area contributed by atoms with Crippen molar-refractivity contribution < 1.29 is 23.1 Å². The largest absolute Gasteiger partial charge is 0.389 e. The van der Waals surface area contributed by atoms with E-state index in [9.17, 15) is 18.0 Å². The van der Waals surface area contributed by atoms with Crippen molar-refractivity contribution in [2.45, 2.75) is 19.0 Å². The van der Waals surface area contributed by atoms with Crippen LogP contribution in [0.3, 0.4) is 0 Å². The molecule has 1 rings (SSSR count). The number of aliphatic hydroxyl groups excluding tert-OH is 1. The highest BCUT2D eigenvalue weighted by atomic mass is 32.1. The number of carbonyl (C=O) groups is 1. The quantitative estimate of drug-likeness (QED) is 0.660. The molecule has 19 heavy (non-hydrogen) atoms. The van der Waals surface area contributed by atoms with Crippen LogP contribution in [0.5, 0.6) is 0 Å². The molecule has 3 nitrogen and oxygen atoms in total. The Bertz CT molecular complexity index is 485. The predicted molar refractivity (Wildman–Crippen MR) is 65.9 cm³/mol. The molecule has 0 aliphatic carbocycles. The number of halogens is 3. The second-order valence-electron chi connectivity index (χ2n) is 3.63. The zero-order valence-corrected chi connectivity index (χ0v) is 10.7. The maximum atomic E-state index is 11.9. The van der Waals surface area contributed by atoms with Crippen LogP contribution in [0.25, 0.3) is 0 Å². The fourth-order valence-corrected chi connectivity index (χ4v) is 2.00. The minimum Gasteiger partial charge on any atom is -0.384 e. The van der Waals surface area contributed by atoms with Crippen molar-refractivity contribution in [1.82, 2.24) is 5.32 Å². The molecular formula is C12H12F3NO2S. The van der Waals surface area contributed by atoms with Gasteiger partial charge in [-0.3, -0.25) is 4.79 Å². The van der Waals surface area contributed by atoms with Crippen molar-refractivity contribution in [3.05, 3.63) is 21.9 Å². The summed E-state index contributed by atoms with van der Waals surface area (Å²) < 4.78 is 35.6. The lowest BCUT2D eigenvalue weighted by Crippen LogP contribution is -2.25. The molecule has 0 aromatic carbocycles. The lowest BCUT2D eigenvalue weighted by Gasteiger charge is -2.06. The van der Waals surface area contributed by atoms with Crippen LogP contribution in [-0.2, 0) is 0 Å². The molecule has 1 heterocycles. The predicted octanol–water partition coefficient (Wildman–Crippen LogP) is 2.16. The van der Waals surface area contributed by atoms with Crippen molar-refractivity contribution in [2.24, 2.45) is 0 Å². The lowest BCUT2D eigenvalue weighted by molar-refractivity contribution is -0.135. The van der Waals surface area contributed by atoms with Crippen LogP contribution < -0.4 is 5.32 Å². The highest BCUT2D eigenvalue weighted by Gasteiger charge is 2.26. The summed E-state index contributed by atoms with van der Waals surface area (Å²) in [6, 6.07) is 1.53. The molecule has 7 heteroatoms. The fourth-order valence-electron chi connectivity index (χ4n) is 1.24. The highest BCUT2D eigenvalue weighted by Crippen LogP contribution is 2.20. The van der Waals surface area contributed by atoms with Gasteiger partial charge in [0.2, 0.25) is 0 Å². The van der Waals surface area contributed by atoms with Crippen molar-refractivity contribution in [3.8, 4) is 11.8 Å². The topological polar surface area (TPSA) is 49.3 Å². The first-order valence-corrected chi connectivity index (χ1v) is 6.33. The molecule has 1 aromatic rings. The molecule has 0 bridgehead atoms. The van der Waals surface area contributed by atoms with Crippen LogP contribution in [0.2, 0.25) is 0 Å². The van der Waals surface area contributed by atoms with Gasteiger partial charge in [-0.1, -0.05) is 11.8 Å². The van der Waals surface area contributed by atoms with Gasteiger partial charge >= 0.3 is 6.18 Å². The zero-order chi connectivity index (χ0) is 14.3. The summed E-state index contributed by atoms with van der Waals surface area (Å²) in [5.74, 6) is 4.67. The van der Waals surface area contributed by atoms with Gasteiger partial charge in [0.15, 0.2) is 0 Å². The summed E-state index contributed by atoms with van der Waals surface area (Å²) in [5, 5.41) is 12.5. The minimum atomic E-state index is -4.19. The monoisotopic (exact) mass is 291 g/mol. The average Bonchev–Trinajstić information content (AvgIpc) is 2.79. The maximum Gasteiger partial charge on any atom is 0.389 e. The van der Waals surface area contributed by atoms with E-state index in [1.165, 1.54) is 17.4 Å². The summed E-state index contributed by atoms with van der Waals surface area (Å²) >= 11 is 1.24. The van der Waals surface area contributed by atoms with Crippen LogP contribution in [0.15, 0.2) is 11.4 Å². The number of hydrogen-bond donors (Lipinski definition) is 2. The number of thiophene rings is 1. The molecular weight excluding hydrogens is 279 g/mol. The number of hydrogen-bond acceptors (Lipinski definition) is 3. The summed E-state index contributed by atoms with van der Waals surface area (Å²) in [6.45, 7) is -0.289. The van der Waals surface area contributed by atoms with E-state index in [0.717, 1.165) is 0 Å². The van der Waals surface area contributed by atoms with E-state index < -0.39 is 18.5 Å². The van der Waals surface area contributed by atoms with E-state index in [0.29, 0.717) is 10.4 Å². The van der Waals surface area contributed by atoms with Gasteiger partial charge < -0.3 is 10.4 Å². The number of alkyl halides is 3. The first-order chi connectivity index (χ1) is 8.92. The highest BCUT2D eigenvalue weighted by molar-refractivity contribution is 7.10. The summed E-state index contributed by atoms with van der Waals surface area (Å²) in [4.78, 5) is 12.2. The number of amides is 1. The van der Waals surface area contributed by atoms with Crippen LogP contribution >= 0.6 is 11.3 Å². The van der Waals surface area contributed by atoms with Crippen LogP contribution in [0, 0.1) is 11.8 Å². The van der Waals surface area contributed by atoms with E-state index in [-0.39, 0.29) is 19.6 Å². The third-order valence-corrected chi connectivity index (χ3v) is 2.92.